The number of nitrogens with zero attached hydrogens (tertiary/aromatic N) is 1. The number of hydrogen-bond acceptors (Lipinski definition) is 4. The maximum Gasteiger partial charge on any atom is 0.348 e. The zero-order valence-corrected chi connectivity index (χ0v) is 9.38. The van der Waals surface area contributed by atoms with E-state index in [1.807, 2.05) is 26.0 Å². The Hall–Kier alpha value is -1.42. The lowest BCUT2D eigenvalue weighted by Gasteiger charge is -2.05. The molecule has 2 heterocycles. The van der Waals surface area contributed by atoms with Crippen LogP contribution < -0.4 is 0 Å². The fourth-order valence-electron chi connectivity index (χ4n) is 1.26. The van der Waals surface area contributed by atoms with Crippen molar-refractivity contribution in [2.75, 3.05) is 0 Å². The molecule has 15 heavy (non-hydrogen) atoms. The van der Waals surface area contributed by atoms with Crippen LogP contribution in [0.25, 0.3) is 10.1 Å². The van der Waals surface area contributed by atoms with Crippen molar-refractivity contribution in [2.45, 2.75) is 20.0 Å². The van der Waals surface area contributed by atoms with Gasteiger partial charge in [0.2, 0.25) is 0 Å². The molecular weight excluding hydrogens is 210 g/mol. The summed E-state index contributed by atoms with van der Waals surface area (Å²) >= 11 is 1.43. The molecule has 4 heteroatoms. The lowest BCUT2D eigenvalue weighted by molar-refractivity contribution is 0.0384. The van der Waals surface area contributed by atoms with Gasteiger partial charge in [-0.25, -0.2) is 4.79 Å². The molecule has 0 fully saturated rings. The average molecular weight is 221 g/mol. The zero-order chi connectivity index (χ0) is 10.8. The van der Waals surface area contributed by atoms with Crippen LogP contribution in [0.5, 0.6) is 0 Å². The monoisotopic (exact) mass is 221 g/mol. The number of ether oxygens (including phenoxy) is 1. The molecule has 2 aromatic rings. The summed E-state index contributed by atoms with van der Waals surface area (Å²) in [6.45, 7) is 3.68. The first kappa shape index (κ1) is 10.1. The third-order valence-corrected chi connectivity index (χ3v) is 2.96. The van der Waals surface area contributed by atoms with Gasteiger partial charge in [0, 0.05) is 22.5 Å². The number of carbonyl (C=O) groups excluding carboxylic acids is 1. The second kappa shape index (κ2) is 3.98. The van der Waals surface area contributed by atoms with Gasteiger partial charge in [0.15, 0.2) is 0 Å². The summed E-state index contributed by atoms with van der Waals surface area (Å²) in [5, 5.41) is 0.984. The van der Waals surface area contributed by atoms with E-state index in [0.717, 1.165) is 10.1 Å². The molecule has 0 aliphatic rings. The summed E-state index contributed by atoms with van der Waals surface area (Å²) in [7, 11) is 0. The topological polar surface area (TPSA) is 39.2 Å². The Bertz CT molecular complexity index is 457. The summed E-state index contributed by atoms with van der Waals surface area (Å²) in [6.07, 6.45) is 3.38. The highest BCUT2D eigenvalue weighted by atomic mass is 32.1. The molecule has 0 saturated heterocycles. The Labute approximate surface area is 91.7 Å². The average Bonchev–Trinajstić information content (AvgIpc) is 2.59. The number of rotatable bonds is 2. The molecule has 3 nitrogen and oxygen atoms in total. The summed E-state index contributed by atoms with van der Waals surface area (Å²) in [6, 6.07) is 3.71. The molecule has 78 valence electrons. The first-order valence-corrected chi connectivity index (χ1v) is 5.53. The molecule has 0 radical (unpaired) electrons. The van der Waals surface area contributed by atoms with Crippen LogP contribution >= 0.6 is 11.3 Å². The van der Waals surface area contributed by atoms with Gasteiger partial charge in [0.25, 0.3) is 0 Å². The van der Waals surface area contributed by atoms with Crippen molar-refractivity contribution < 1.29 is 9.53 Å². The van der Waals surface area contributed by atoms with E-state index in [2.05, 4.69) is 4.98 Å². The van der Waals surface area contributed by atoms with E-state index in [1.165, 1.54) is 11.3 Å². The van der Waals surface area contributed by atoms with E-state index in [4.69, 9.17) is 4.74 Å². The van der Waals surface area contributed by atoms with E-state index < -0.39 is 0 Å². The lowest BCUT2D eigenvalue weighted by atomic mass is 10.3. The predicted octanol–water partition coefficient (Wildman–Crippen LogP) is 2.86. The van der Waals surface area contributed by atoms with E-state index >= 15 is 0 Å². The van der Waals surface area contributed by atoms with Gasteiger partial charge in [0.05, 0.1) is 6.10 Å². The zero-order valence-electron chi connectivity index (χ0n) is 8.56. The number of aromatic nitrogens is 1. The molecule has 0 aliphatic heterocycles. The molecular formula is C11H11NO2S. The van der Waals surface area contributed by atoms with Crippen LogP contribution in [0.2, 0.25) is 0 Å². The molecule has 0 saturated carbocycles. The largest absolute Gasteiger partial charge is 0.459 e. The Morgan fingerprint density at radius 3 is 3.00 bits per heavy atom. The molecule has 0 amide bonds. The van der Waals surface area contributed by atoms with E-state index in [-0.39, 0.29) is 12.1 Å². The number of carbonyl (C=O) groups is 1. The van der Waals surface area contributed by atoms with Gasteiger partial charge in [-0.2, -0.15) is 0 Å². The summed E-state index contributed by atoms with van der Waals surface area (Å²) in [5.41, 5.74) is 0. The first-order chi connectivity index (χ1) is 7.16. The summed E-state index contributed by atoms with van der Waals surface area (Å²) in [5.74, 6) is -0.258. The summed E-state index contributed by atoms with van der Waals surface area (Å²) < 4.78 is 6.17. The van der Waals surface area contributed by atoms with Crippen molar-refractivity contribution in [3.8, 4) is 0 Å². The van der Waals surface area contributed by atoms with E-state index in [9.17, 15) is 4.79 Å². The van der Waals surface area contributed by atoms with Crippen molar-refractivity contribution in [1.29, 1.82) is 0 Å². The second-order valence-corrected chi connectivity index (χ2v) is 4.56. The van der Waals surface area contributed by atoms with Crippen molar-refractivity contribution in [1.82, 2.24) is 4.98 Å². The van der Waals surface area contributed by atoms with Crippen LogP contribution in [-0.2, 0) is 4.74 Å². The van der Waals surface area contributed by atoms with Crippen LogP contribution in [-0.4, -0.2) is 17.1 Å². The van der Waals surface area contributed by atoms with Crippen LogP contribution in [0.15, 0.2) is 24.5 Å². The van der Waals surface area contributed by atoms with Crippen LogP contribution in [0.1, 0.15) is 23.5 Å². The molecule has 0 spiro atoms. The van der Waals surface area contributed by atoms with Crippen molar-refractivity contribution in [3.05, 3.63) is 29.4 Å². The molecule has 2 aromatic heterocycles. The van der Waals surface area contributed by atoms with Gasteiger partial charge >= 0.3 is 5.97 Å². The molecule has 0 aromatic carbocycles. The predicted molar refractivity (Wildman–Crippen MR) is 60.2 cm³/mol. The number of hydrogen-bond donors (Lipinski definition) is 0. The fraction of sp³-hybridized carbons (Fsp3) is 0.273. The maximum absolute atomic E-state index is 11.6. The van der Waals surface area contributed by atoms with Gasteiger partial charge in [-0.15, -0.1) is 11.3 Å². The SMILES string of the molecule is CC(C)OC(=O)c1cc2cnccc2s1. The molecule has 0 N–H and O–H groups in total. The van der Waals surface area contributed by atoms with Crippen LogP contribution in [0, 0.1) is 0 Å². The van der Waals surface area contributed by atoms with Gasteiger partial charge in [-0.3, -0.25) is 4.98 Å². The standard InChI is InChI=1S/C11H11NO2S/c1-7(2)14-11(13)10-5-8-6-12-4-3-9(8)15-10/h3-7H,1-2H3. The summed E-state index contributed by atoms with van der Waals surface area (Å²) in [4.78, 5) is 16.2. The third kappa shape index (κ3) is 2.15. The smallest absolute Gasteiger partial charge is 0.348 e. The van der Waals surface area contributed by atoms with E-state index in [1.54, 1.807) is 12.4 Å². The first-order valence-electron chi connectivity index (χ1n) is 4.71. The van der Waals surface area contributed by atoms with Gasteiger partial charge in [-0.1, -0.05) is 0 Å². The molecule has 0 bridgehead atoms. The number of thiophene rings is 1. The highest BCUT2D eigenvalue weighted by molar-refractivity contribution is 7.20. The van der Waals surface area contributed by atoms with Crippen LogP contribution in [0.3, 0.4) is 0 Å². The van der Waals surface area contributed by atoms with Crippen molar-refractivity contribution in [2.24, 2.45) is 0 Å². The Kier molecular flexibility index (Phi) is 2.68. The minimum absolute atomic E-state index is 0.0826. The highest BCUT2D eigenvalue weighted by Crippen LogP contribution is 2.25. The lowest BCUT2D eigenvalue weighted by Crippen LogP contribution is -2.09. The minimum Gasteiger partial charge on any atom is -0.459 e. The van der Waals surface area contributed by atoms with Crippen LogP contribution in [0.4, 0.5) is 0 Å². The molecule has 0 unspecified atom stereocenters. The fourth-order valence-corrected chi connectivity index (χ4v) is 2.17. The minimum atomic E-state index is -0.258. The van der Waals surface area contributed by atoms with Gasteiger partial charge in [-0.05, 0) is 26.0 Å². The quantitative estimate of drug-likeness (QED) is 0.732. The van der Waals surface area contributed by atoms with Gasteiger partial charge < -0.3 is 4.74 Å². The molecule has 2 rings (SSSR count). The highest BCUT2D eigenvalue weighted by Gasteiger charge is 2.12. The molecule has 0 atom stereocenters. The van der Waals surface area contributed by atoms with Gasteiger partial charge in [0.1, 0.15) is 4.88 Å². The maximum atomic E-state index is 11.6. The Balaban J connectivity index is 2.32. The normalized spacial score (nSPS) is 10.9. The van der Waals surface area contributed by atoms with Crippen molar-refractivity contribution in [3.63, 3.8) is 0 Å². The number of pyridine rings is 1. The second-order valence-electron chi connectivity index (χ2n) is 3.48. The molecule has 0 aliphatic carbocycles. The Morgan fingerprint density at radius 1 is 1.53 bits per heavy atom. The number of fused-ring (bicyclic) bond motifs is 1. The Morgan fingerprint density at radius 2 is 2.33 bits per heavy atom. The van der Waals surface area contributed by atoms with Crippen molar-refractivity contribution >= 4 is 27.4 Å². The number of esters is 1. The third-order valence-electron chi connectivity index (χ3n) is 1.86. The van der Waals surface area contributed by atoms with E-state index in [0.29, 0.717) is 4.88 Å².